The summed E-state index contributed by atoms with van der Waals surface area (Å²) in [7, 11) is -3.75. The van der Waals surface area contributed by atoms with Gasteiger partial charge in [0.1, 0.15) is 0 Å². The summed E-state index contributed by atoms with van der Waals surface area (Å²) in [5, 5.41) is 10.8. The van der Waals surface area contributed by atoms with Gasteiger partial charge < -0.3 is 0 Å². The molecule has 2 aromatic carbocycles. The minimum atomic E-state index is -3.75. The Kier molecular flexibility index (Phi) is 5.29. The molecule has 0 radical (unpaired) electrons. The smallest absolute Gasteiger partial charge is 0.258 e. The summed E-state index contributed by atoms with van der Waals surface area (Å²) in [6.45, 7) is 0.385. The van der Waals surface area contributed by atoms with Crippen LogP contribution in [0.5, 0.6) is 0 Å². The van der Waals surface area contributed by atoms with Gasteiger partial charge in [-0.15, -0.1) is 0 Å². The van der Waals surface area contributed by atoms with Crippen molar-refractivity contribution in [3.05, 3.63) is 68.7 Å². The third-order valence-corrected chi connectivity index (χ3v) is 7.53. The molecule has 1 aliphatic rings. The van der Waals surface area contributed by atoms with E-state index in [0.29, 0.717) is 13.0 Å². The van der Waals surface area contributed by atoms with Gasteiger partial charge in [0, 0.05) is 28.0 Å². The first-order chi connectivity index (χ1) is 11.8. The van der Waals surface area contributed by atoms with Crippen LogP contribution in [0.1, 0.15) is 18.0 Å². The number of nitro benzene ring substituents is 1. The summed E-state index contributed by atoms with van der Waals surface area (Å²) in [6.07, 6.45) is 0.687. The number of alkyl halides is 1. The van der Waals surface area contributed by atoms with E-state index < -0.39 is 14.9 Å². The van der Waals surface area contributed by atoms with Crippen LogP contribution in [0.4, 0.5) is 5.69 Å². The third-order valence-electron chi connectivity index (χ3n) is 4.14. The van der Waals surface area contributed by atoms with Crippen molar-refractivity contribution < 1.29 is 13.3 Å². The van der Waals surface area contributed by atoms with Crippen LogP contribution in [-0.2, 0) is 10.0 Å². The van der Waals surface area contributed by atoms with Crippen LogP contribution in [0.2, 0.25) is 0 Å². The second-order valence-corrected chi connectivity index (χ2v) is 9.65. The van der Waals surface area contributed by atoms with Gasteiger partial charge in [-0.3, -0.25) is 10.1 Å². The zero-order valence-corrected chi connectivity index (χ0v) is 16.9. The highest BCUT2D eigenvalue weighted by molar-refractivity contribution is 9.10. The lowest BCUT2D eigenvalue weighted by atomic mass is 10.1. The van der Waals surface area contributed by atoms with Crippen molar-refractivity contribution in [2.45, 2.75) is 22.2 Å². The molecule has 0 bridgehead atoms. The van der Waals surface area contributed by atoms with E-state index in [-0.39, 0.29) is 21.5 Å². The summed E-state index contributed by atoms with van der Waals surface area (Å²) in [5.41, 5.74) is 0.760. The normalized spacial score (nSPS) is 21.4. The number of benzene rings is 2. The first-order valence-electron chi connectivity index (χ1n) is 7.46. The molecular weight excluding hydrogens is 476 g/mol. The van der Waals surface area contributed by atoms with Gasteiger partial charge in [0.25, 0.3) is 5.69 Å². The topological polar surface area (TPSA) is 80.5 Å². The molecule has 0 saturated carbocycles. The zero-order chi connectivity index (χ0) is 18.2. The maximum atomic E-state index is 13.0. The highest BCUT2D eigenvalue weighted by atomic mass is 79.9. The van der Waals surface area contributed by atoms with Crippen molar-refractivity contribution >= 4 is 47.6 Å². The molecule has 25 heavy (non-hydrogen) atoms. The fourth-order valence-electron chi connectivity index (χ4n) is 2.91. The lowest BCUT2D eigenvalue weighted by Crippen LogP contribution is -2.32. The molecule has 0 N–H and O–H groups in total. The number of nitro groups is 1. The Hall–Kier alpha value is -1.29. The molecule has 6 nitrogen and oxygen atoms in total. The van der Waals surface area contributed by atoms with Crippen LogP contribution in [-0.4, -0.2) is 29.0 Å². The highest BCUT2D eigenvalue weighted by Crippen LogP contribution is 2.40. The average molecular weight is 490 g/mol. The molecule has 1 heterocycles. The zero-order valence-electron chi connectivity index (χ0n) is 12.9. The average Bonchev–Trinajstić information content (AvgIpc) is 2.98. The van der Waals surface area contributed by atoms with Crippen LogP contribution in [0.25, 0.3) is 0 Å². The number of sulfonamides is 1. The molecule has 0 spiro atoms. The predicted octanol–water partition coefficient (Wildman–Crippen LogP) is 4.26. The first-order valence-corrected chi connectivity index (χ1v) is 10.6. The molecule has 132 valence electrons. The molecule has 0 aliphatic carbocycles. The Balaban J connectivity index is 1.97. The summed E-state index contributed by atoms with van der Waals surface area (Å²) in [4.78, 5) is 10.3. The van der Waals surface area contributed by atoms with Gasteiger partial charge in [-0.05, 0) is 36.2 Å². The summed E-state index contributed by atoms with van der Waals surface area (Å²) < 4.78 is 28.5. The van der Waals surface area contributed by atoms with Gasteiger partial charge in [0.05, 0.1) is 15.9 Å². The van der Waals surface area contributed by atoms with Crippen LogP contribution >= 0.6 is 31.9 Å². The lowest BCUT2D eigenvalue weighted by molar-refractivity contribution is -0.384. The SMILES string of the molecule is O=[N+]([O-])c1ccc(S(=O)(=O)N2CC[C@@H](Br)[C@@H]2c2ccc(Br)cc2)cc1. The first kappa shape index (κ1) is 18.5. The number of nitrogens with zero attached hydrogens (tertiary/aromatic N) is 2. The monoisotopic (exact) mass is 488 g/mol. The molecule has 2 atom stereocenters. The van der Waals surface area contributed by atoms with E-state index in [1.54, 1.807) is 0 Å². The van der Waals surface area contributed by atoms with Crippen molar-refractivity contribution in [3.8, 4) is 0 Å². The van der Waals surface area contributed by atoms with Gasteiger partial charge in [0.2, 0.25) is 10.0 Å². The Morgan fingerprint density at radius 1 is 1.08 bits per heavy atom. The van der Waals surface area contributed by atoms with Gasteiger partial charge in [-0.25, -0.2) is 8.42 Å². The van der Waals surface area contributed by atoms with Crippen LogP contribution in [0, 0.1) is 10.1 Å². The fourth-order valence-corrected chi connectivity index (χ4v) is 5.79. The van der Waals surface area contributed by atoms with E-state index in [4.69, 9.17) is 0 Å². The van der Waals surface area contributed by atoms with Gasteiger partial charge in [-0.2, -0.15) is 4.31 Å². The molecule has 0 aromatic heterocycles. The fraction of sp³-hybridized carbons (Fsp3) is 0.250. The Morgan fingerprint density at radius 2 is 1.68 bits per heavy atom. The standard InChI is InChI=1S/C16H14Br2N2O4S/c17-12-3-1-11(2-4-12)16-15(18)9-10-19(16)25(23,24)14-7-5-13(6-8-14)20(21)22/h1-8,15-16H,9-10H2/t15-,16+/m1/s1. The molecule has 1 fully saturated rings. The Labute approximate surface area is 162 Å². The molecule has 1 saturated heterocycles. The van der Waals surface area contributed by atoms with Crippen molar-refractivity contribution in [2.24, 2.45) is 0 Å². The quantitative estimate of drug-likeness (QED) is 0.365. The molecule has 3 rings (SSSR count). The molecule has 2 aromatic rings. The van der Waals surface area contributed by atoms with E-state index in [1.165, 1.54) is 28.6 Å². The number of halogens is 2. The maximum absolute atomic E-state index is 13.0. The Morgan fingerprint density at radius 3 is 2.24 bits per heavy atom. The van der Waals surface area contributed by atoms with E-state index in [2.05, 4.69) is 31.9 Å². The Bertz CT molecular complexity index is 885. The largest absolute Gasteiger partial charge is 0.269 e. The minimum Gasteiger partial charge on any atom is -0.258 e. The number of rotatable bonds is 4. The van der Waals surface area contributed by atoms with E-state index >= 15 is 0 Å². The van der Waals surface area contributed by atoms with Gasteiger partial charge in [0.15, 0.2) is 0 Å². The molecule has 0 amide bonds. The van der Waals surface area contributed by atoms with Gasteiger partial charge >= 0.3 is 0 Å². The second kappa shape index (κ2) is 7.14. The molecule has 9 heteroatoms. The number of hydrogen-bond acceptors (Lipinski definition) is 4. The van der Waals surface area contributed by atoms with Crippen LogP contribution in [0.15, 0.2) is 57.9 Å². The summed E-state index contributed by atoms with van der Waals surface area (Å²) >= 11 is 6.97. The van der Waals surface area contributed by atoms with E-state index in [9.17, 15) is 18.5 Å². The van der Waals surface area contributed by atoms with Crippen molar-refractivity contribution in [2.75, 3.05) is 6.54 Å². The lowest BCUT2D eigenvalue weighted by Gasteiger charge is -2.26. The molecular formula is C16H14Br2N2O4S. The predicted molar refractivity (Wildman–Crippen MR) is 101 cm³/mol. The summed E-state index contributed by atoms with van der Waals surface area (Å²) in [6, 6.07) is 12.2. The molecule has 0 unspecified atom stereocenters. The number of hydrogen-bond donors (Lipinski definition) is 0. The van der Waals surface area contributed by atoms with Crippen LogP contribution < -0.4 is 0 Å². The van der Waals surface area contributed by atoms with Gasteiger partial charge in [-0.1, -0.05) is 44.0 Å². The van der Waals surface area contributed by atoms with Crippen LogP contribution in [0.3, 0.4) is 0 Å². The van der Waals surface area contributed by atoms with E-state index in [1.807, 2.05) is 24.3 Å². The second-order valence-electron chi connectivity index (χ2n) is 5.67. The third kappa shape index (κ3) is 3.64. The van der Waals surface area contributed by atoms with Crippen molar-refractivity contribution in [1.82, 2.24) is 4.31 Å². The summed E-state index contributed by atoms with van der Waals surface area (Å²) in [5.74, 6) is 0. The minimum absolute atomic E-state index is 0.00139. The van der Waals surface area contributed by atoms with Crippen molar-refractivity contribution in [3.63, 3.8) is 0 Å². The molecule has 1 aliphatic heterocycles. The van der Waals surface area contributed by atoms with E-state index in [0.717, 1.165) is 10.0 Å². The maximum Gasteiger partial charge on any atom is 0.269 e. The highest BCUT2D eigenvalue weighted by Gasteiger charge is 2.41. The number of non-ortho nitro benzene ring substituents is 1. The van der Waals surface area contributed by atoms with Crippen molar-refractivity contribution in [1.29, 1.82) is 0 Å².